The van der Waals surface area contributed by atoms with Crippen molar-refractivity contribution in [2.75, 3.05) is 11.9 Å². The van der Waals surface area contributed by atoms with E-state index in [4.69, 9.17) is 10.00 Å². The van der Waals surface area contributed by atoms with Crippen LogP contribution < -0.4 is 10.1 Å². The minimum absolute atomic E-state index is 0.0151. The number of nitrogens with one attached hydrogen (secondary N) is 1. The summed E-state index contributed by atoms with van der Waals surface area (Å²) in [7, 11) is 0. The van der Waals surface area contributed by atoms with Crippen molar-refractivity contribution in [1.29, 1.82) is 5.26 Å². The molecule has 1 aliphatic heterocycles. The summed E-state index contributed by atoms with van der Waals surface area (Å²) in [5, 5.41) is 21.8. The number of ketones is 1. The molecule has 0 aromatic heterocycles. The molecule has 25 heavy (non-hydrogen) atoms. The Morgan fingerprint density at radius 2 is 2.08 bits per heavy atom. The number of aliphatic hydroxyl groups is 1. The van der Waals surface area contributed by atoms with Gasteiger partial charge >= 0.3 is 0 Å². The Morgan fingerprint density at radius 1 is 1.32 bits per heavy atom. The number of amides is 1. The fourth-order valence-corrected chi connectivity index (χ4v) is 2.75. The number of anilines is 1. The SMILES string of the molecule is N#CCOc1ccccc1C(=O)CC1(O)C(=O)Nc2ccc(F)cc21. The van der Waals surface area contributed by atoms with Crippen LogP contribution in [0.3, 0.4) is 0 Å². The maximum Gasteiger partial charge on any atom is 0.261 e. The van der Waals surface area contributed by atoms with Crippen LogP contribution in [-0.4, -0.2) is 23.4 Å². The van der Waals surface area contributed by atoms with Crippen molar-refractivity contribution in [3.05, 3.63) is 59.4 Å². The van der Waals surface area contributed by atoms with E-state index in [-0.39, 0.29) is 29.2 Å². The summed E-state index contributed by atoms with van der Waals surface area (Å²) in [5.41, 5.74) is -1.77. The summed E-state index contributed by atoms with van der Waals surface area (Å²) in [6.07, 6.45) is -0.581. The molecule has 1 amide bonds. The predicted octanol–water partition coefficient (Wildman–Crippen LogP) is 2.14. The molecule has 126 valence electrons. The maximum absolute atomic E-state index is 13.5. The minimum atomic E-state index is -2.17. The van der Waals surface area contributed by atoms with Gasteiger partial charge in [0.1, 0.15) is 17.6 Å². The predicted molar refractivity (Wildman–Crippen MR) is 85.4 cm³/mol. The molecule has 0 spiro atoms. The number of fused-ring (bicyclic) bond motifs is 1. The number of Topliss-reactive ketones (excluding diaryl/α,β-unsaturated/α-hetero) is 1. The van der Waals surface area contributed by atoms with E-state index in [0.717, 1.165) is 12.1 Å². The third-order valence-corrected chi connectivity index (χ3v) is 3.95. The molecule has 0 radical (unpaired) electrons. The van der Waals surface area contributed by atoms with Crippen molar-refractivity contribution in [3.8, 4) is 11.8 Å². The number of carbonyl (C=O) groups is 2. The Bertz CT molecular complexity index is 906. The zero-order valence-electron chi connectivity index (χ0n) is 13.0. The van der Waals surface area contributed by atoms with E-state index in [1.165, 1.54) is 18.2 Å². The summed E-state index contributed by atoms with van der Waals surface area (Å²) in [4.78, 5) is 24.8. The smallest absolute Gasteiger partial charge is 0.261 e. The van der Waals surface area contributed by atoms with Gasteiger partial charge in [0.25, 0.3) is 5.91 Å². The first-order chi connectivity index (χ1) is 12.0. The highest BCUT2D eigenvalue weighted by molar-refractivity contribution is 6.09. The first kappa shape index (κ1) is 16.6. The lowest BCUT2D eigenvalue weighted by atomic mass is 9.88. The molecule has 1 heterocycles. The number of para-hydroxylation sites is 1. The van der Waals surface area contributed by atoms with Gasteiger partial charge < -0.3 is 15.2 Å². The molecule has 0 aliphatic carbocycles. The standard InChI is InChI=1S/C18H13FN2O4/c19-11-5-6-14-13(9-11)18(24,17(23)21-14)10-15(22)12-3-1-2-4-16(12)25-8-7-20/h1-6,9,24H,8,10H2,(H,21,23). The zero-order valence-corrected chi connectivity index (χ0v) is 13.0. The maximum atomic E-state index is 13.5. The molecular weight excluding hydrogens is 327 g/mol. The van der Waals surface area contributed by atoms with Gasteiger partial charge in [-0.3, -0.25) is 9.59 Å². The Hall–Kier alpha value is -3.24. The lowest BCUT2D eigenvalue weighted by molar-refractivity contribution is -0.133. The van der Waals surface area contributed by atoms with Gasteiger partial charge in [-0.1, -0.05) is 12.1 Å². The second kappa shape index (κ2) is 6.34. The van der Waals surface area contributed by atoms with Crippen molar-refractivity contribution in [1.82, 2.24) is 0 Å². The van der Waals surface area contributed by atoms with Crippen LogP contribution in [0.1, 0.15) is 22.3 Å². The highest BCUT2D eigenvalue weighted by Crippen LogP contribution is 2.40. The molecule has 0 fully saturated rings. The normalized spacial score (nSPS) is 18.2. The highest BCUT2D eigenvalue weighted by atomic mass is 19.1. The third-order valence-electron chi connectivity index (χ3n) is 3.95. The molecule has 0 saturated carbocycles. The average molecular weight is 340 g/mol. The molecular formula is C18H13FN2O4. The quantitative estimate of drug-likeness (QED) is 0.813. The average Bonchev–Trinajstić information content (AvgIpc) is 2.84. The molecule has 2 aromatic carbocycles. The molecule has 1 unspecified atom stereocenters. The van der Waals surface area contributed by atoms with Gasteiger partial charge in [-0.05, 0) is 30.3 Å². The Morgan fingerprint density at radius 3 is 2.84 bits per heavy atom. The third kappa shape index (κ3) is 2.95. The number of carbonyl (C=O) groups excluding carboxylic acids is 2. The lowest BCUT2D eigenvalue weighted by Gasteiger charge is -2.20. The molecule has 3 rings (SSSR count). The van der Waals surface area contributed by atoms with Crippen LogP contribution >= 0.6 is 0 Å². The van der Waals surface area contributed by atoms with Crippen LogP contribution in [0.5, 0.6) is 5.75 Å². The van der Waals surface area contributed by atoms with Crippen LogP contribution in [0.4, 0.5) is 10.1 Å². The Kier molecular flexibility index (Phi) is 4.21. The summed E-state index contributed by atoms with van der Waals surface area (Å²) >= 11 is 0. The van der Waals surface area contributed by atoms with Crippen LogP contribution in [-0.2, 0) is 10.4 Å². The van der Waals surface area contributed by atoms with Gasteiger partial charge in [0.05, 0.1) is 12.0 Å². The summed E-state index contributed by atoms with van der Waals surface area (Å²) in [6, 6.07) is 11.5. The molecule has 2 aromatic rings. The molecule has 1 aliphatic rings. The second-order valence-corrected chi connectivity index (χ2v) is 5.55. The number of hydrogen-bond acceptors (Lipinski definition) is 5. The molecule has 0 bridgehead atoms. The van der Waals surface area contributed by atoms with Crippen LogP contribution in [0, 0.1) is 17.1 Å². The van der Waals surface area contributed by atoms with Crippen molar-refractivity contribution in [3.63, 3.8) is 0 Å². The molecule has 2 N–H and O–H groups in total. The minimum Gasteiger partial charge on any atom is -0.478 e. The first-order valence-corrected chi connectivity index (χ1v) is 7.41. The van der Waals surface area contributed by atoms with E-state index >= 15 is 0 Å². The summed E-state index contributed by atoms with van der Waals surface area (Å²) in [6.45, 7) is -0.247. The molecule has 7 heteroatoms. The van der Waals surface area contributed by atoms with Crippen LogP contribution in [0.25, 0.3) is 0 Å². The van der Waals surface area contributed by atoms with Gasteiger partial charge in [0.2, 0.25) is 0 Å². The van der Waals surface area contributed by atoms with Crippen molar-refractivity contribution in [2.45, 2.75) is 12.0 Å². The van der Waals surface area contributed by atoms with Gasteiger partial charge in [-0.15, -0.1) is 0 Å². The monoisotopic (exact) mass is 340 g/mol. The van der Waals surface area contributed by atoms with E-state index in [2.05, 4.69) is 5.32 Å². The number of nitrogens with zero attached hydrogens (tertiary/aromatic N) is 1. The van der Waals surface area contributed by atoms with Crippen LogP contribution in [0.15, 0.2) is 42.5 Å². The van der Waals surface area contributed by atoms with Gasteiger partial charge in [0.15, 0.2) is 18.0 Å². The van der Waals surface area contributed by atoms with Crippen molar-refractivity contribution < 1.29 is 23.8 Å². The number of nitriles is 1. The van der Waals surface area contributed by atoms with Crippen LogP contribution in [0.2, 0.25) is 0 Å². The summed E-state index contributed by atoms with van der Waals surface area (Å²) < 4.78 is 18.7. The molecule has 6 nitrogen and oxygen atoms in total. The summed E-state index contributed by atoms with van der Waals surface area (Å²) in [5.74, 6) is -1.81. The van der Waals surface area contributed by atoms with E-state index in [1.807, 2.05) is 0 Å². The topological polar surface area (TPSA) is 99.4 Å². The number of rotatable bonds is 5. The van der Waals surface area contributed by atoms with Crippen molar-refractivity contribution in [2.24, 2.45) is 0 Å². The zero-order chi connectivity index (χ0) is 18.0. The first-order valence-electron chi connectivity index (χ1n) is 7.41. The van der Waals surface area contributed by atoms with E-state index in [0.29, 0.717) is 0 Å². The number of halogens is 1. The number of hydrogen-bond donors (Lipinski definition) is 2. The fraction of sp³-hybridized carbons (Fsp3) is 0.167. The lowest BCUT2D eigenvalue weighted by Crippen LogP contribution is -2.36. The van der Waals surface area contributed by atoms with E-state index in [1.54, 1.807) is 18.2 Å². The van der Waals surface area contributed by atoms with E-state index < -0.39 is 29.5 Å². The van der Waals surface area contributed by atoms with Gasteiger partial charge in [0, 0.05) is 11.3 Å². The fourth-order valence-electron chi connectivity index (χ4n) is 2.75. The van der Waals surface area contributed by atoms with Crippen molar-refractivity contribution >= 4 is 17.4 Å². The van der Waals surface area contributed by atoms with Gasteiger partial charge in [-0.2, -0.15) is 5.26 Å². The Balaban J connectivity index is 1.93. The largest absolute Gasteiger partial charge is 0.478 e. The second-order valence-electron chi connectivity index (χ2n) is 5.55. The van der Waals surface area contributed by atoms with Gasteiger partial charge in [-0.25, -0.2) is 4.39 Å². The molecule has 1 atom stereocenters. The number of ether oxygens (including phenoxy) is 1. The highest BCUT2D eigenvalue weighted by Gasteiger charge is 2.47. The molecule has 0 saturated heterocycles. The van der Waals surface area contributed by atoms with E-state index in [9.17, 15) is 19.1 Å². The number of benzene rings is 2. The Labute approximate surface area is 142 Å².